The maximum atomic E-state index is 11.9. The lowest BCUT2D eigenvalue weighted by atomic mass is 10.0. The number of hydrogen-bond acceptors (Lipinski definition) is 3. The Morgan fingerprint density at radius 1 is 1.47 bits per heavy atom. The van der Waals surface area contributed by atoms with E-state index in [0.717, 1.165) is 17.5 Å². The van der Waals surface area contributed by atoms with Crippen LogP contribution in [0.4, 0.5) is 0 Å². The molecule has 1 rings (SSSR count). The quantitative estimate of drug-likeness (QED) is 0.616. The van der Waals surface area contributed by atoms with E-state index in [0.29, 0.717) is 18.7 Å². The van der Waals surface area contributed by atoms with Crippen LogP contribution in [0.1, 0.15) is 27.9 Å². The van der Waals surface area contributed by atoms with Gasteiger partial charge in [-0.25, -0.2) is 0 Å². The first-order valence-corrected chi connectivity index (χ1v) is 6.16. The number of rotatable bonds is 5. The molecule has 0 aromatic heterocycles. The second kappa shape index (κ2) is 8.30. The molecular weight excluding hydrogens is 242 g/mol. The average molecular weight is 261 g/mol. The predicted octanol–water partition coefficient (Wildman–Crippen LogP) is 1.11. The molecule has 0 bridgehead atoms. The maximum absolute atomic E-state index is 11.9. The molecular formula is C15H19NO3. The molecule has 4 heteroatoms. The Labute approximate surface area is 113 Å². The molecule has 0 saturated heterocycles. The second-order valence-corrected chi connectivity index (χ2v) is 4.09. The Morgan fingerprint density at radius 3 is 2.89 bits per heavy atom. The summed E-state index contributed by atoms with van der Waals surface area (Å²) in [5, 5.41) is 11.5. The zero-order valence-corrected chi connectivity index (χ0v) is 11.3. The van der Waals surface area contributed by atoms with Crippen molar-refractivity contribution in [2.75, 3.05) is 26.9 Å². The molecule has 0 fully saturated rings. The Hall–Kier alpha value is -1.83. The summed E-state index contributed by atoms with van der Waals surface area (Å²) in [6, 6.07) is 5.33. The molecule has 0 saturated carbocycles. The molecule has 1 aromatic rings. The van der Waals surface area contributed by atoms with E-state index < -0.39 is 0 Å². The van der Waals surface area contributed by atoms with Crippen LogP contribution in [0.3, 0.4) is 0 Å². The van der Waals surface area contributed by atoms with E-state index >= 15 is 0 Å². The molecule has 1 aromatic carbocycles. The van der Waals surface area contributed by atoms with Gasteiger partial charge in [-0.15, -0.1) is 0 Å². The number of carbonyl (C=O) groups is 1. The van der Waals surface area contributed by atoms with E-state index in [1.165, 1.54) is 0 Å². The average Bonchev–Trinajstić information content (AvgIpc) is 2.42. The van der Waals surface area contributed by atoms with Crippen LogP contribution in [0.25, 0.3) is 0 Å². The molecule has 4 nitrogen and oxygen atoms in total. The minimum absolute atomic E-state index is 0.0964. The summed E-state index contributed by atoms with van der Waals surface area (Å²) in [5.41, 5.74) is 2.36. The first-order valence-electron chi connectivity index (χ1n) is 6.16. The largest absolute Gasteiger partial charge is 0.385 e. The highest BCUT2D eigenvalue weighted by molar-refractivity contribution is 5.94. The van der Waals surface area contributed by atoms with Crippen LogP contribution in [0.15, 0.2) is 18.2 Å². The third kappa shape index (κ3) is 5.12. The summed E-state index contributed by atoms with van der Waals surface area (Å²) in [6.07, 6.45) is 0.793. The summed E-state index contributed by atoms with van der Waals surface area (Å²) in [5.74, 6) is 5.34. The molecule has 19 heavy (non-hydrogen) atoms. The zero-order chi connectivity index (χ0) is 14.1. The van der Waals surface area contributed by atoms with Gasteiger partial charge in [0.25, 0.3) is 5.91 Å². The van der Waals surface area contributed by atoms with E-state index in [4.69, 9.17) is 9.84 Å². The fraction of sp³-hybridized carbons (Fsp3) is 0.400. The van der Waals surface area contributed by atoms with Gasteiger partial charge < -0.3 is 15.2 Å². The van der Waals surface area contributed by atoms with Crippen molar-refractivity contribution in [2.45, 2.75) is 13.3 Å². The van der Waals surface area contributed by atoms with Gasteiger partial charge in [0.15, 0.2) is 0 Å². The van der Waals surface area contributed by atoms with Crippen LogP contribution in [0.2, 0.25) is 0 Å². The van der Waals surface area contributed by atoms with Crippen LogP contribution < -0.4 is 5.32 Å². The summed E-state index contributed by atoms with van der Waals surface area (Å²) in [4.78, 5) is 11.9. The zero-order valence-electron chi connectivity index (χ0n) is 11.3. The molecule has 0 aliphatic heterocycles. The molecule has 0 radical (unpaired) electrons. The molecule has 0 unspecified atom stereocenters. The summed E-state index contributed by atoms with van der Waals surface area (Å²) < 4.78 is 4.91. The number of aliphatic hydroxyl groups is 1. The SMILES string of the molecule is COCCCNC(=O)c1ccc(C#CCO)c(C)c1. The number of carbonyl (C=O) groups excluding carboxylic acids is 1. The maximum Gasteiger partial charge on any atom is 0.251 e. The van der Waals surface area contributed by atoms with E-state index in [2.05, 4.69) is 17.2 Å². The van der Waals surface area contributed by atoms with E-state index in [9.17, 15) is 4.79 Å². The van der Waals surface area contributed by atoms with Crippen molar-refractivity contribution in [1.82, 2.24) is 5.32 Å². The number of aliphatic hydroxyl groups excluding tert-OH is 1. The number of ether oxygens (including phenoxy) is 1. The van der Waals surface area contributed by atoms with E-state index in [1.54, 1.807) is 25.3 Å². The third-order valence-corrected chi connectivity index (χ3v) is 2.60. The number of aryl methyl sites for hydroxylation is 1. The molecule has 0 aliphatic rings. The van der Waals surface area contributed by atoms with Crippen LogP contribution in [0.5, 0.6) is 0 Å². The number of benzene rings is 1. The lowest BCUT2D eigenvalue weighted by Gasteiger charge is -2.06. The molecule has 2 N–H and O–H groups in total. The molecule has 0 spiro atoms. The first kappa shape index (κ1) is 15.2. The minimum atomic E-state index is -0.165. The van der Waals surface area contributed by atoms with Crippen molar-refractivity contribution in [2.24, 2.45) is 0 Å². The molecule has 1 amide bonds. The van der Waals surface area contributed by atoms with Crippen molar-refractivity contribution in [3.8, 4) is 11.8 Å². The fourth-order valence-corrected chi connectivity index (χ4v) is 1.60. The summed E-state index contributed by atoms with van der Waals surface area (Å²) >= 11 is 0. The molecule has 0 atom stereocenters. The Balaban J connectivity index is 2.64. The van der Waals surface area contributed by atoms with Gasteiger partial charge in [-0.05, 0) is 37.1 Å². The highest BCUT2D eigenvalue weighted by atomic mass is 16.5. The Bertz CT molecular complexity index is 486. The van der Waals surface area contributed by atoms with Gasteiger partial charge in [0, 0.05) is 31.4 Å². The van der Waals surface area contributed by atoms with Gasteiger partial charge in [0.05, 0.1) is 0 Å². The van der Waals surface area contributed by atoms with E-state index in [-0.39, 0.29) is 12.5 Å². The topological polar surface area (TPSA) is 58.6 Å². The van der Waals surface area contributed by atoms with Gasteiger partial charge >= 0.3 is 0 Å². The smallest absolute Gasteiger partial charge is 0.251 e. The number of nitrogens with one attached hydrogen (secondary N) is 1. The van der Waals surface area contributed by atoms with Crippen LogP contribution >= 0.6 is 0 Å². The van der Waals surface area contributed by atoms with Gasteiger partial charge in [-0.3, -0.25) is 4.79 Å². The number of methoxy groups -OCH3 is 1. The third-order valence-electron chi connectivity index (χ3n) is 2.60. The summed E-state index contributed by atoms with van der Waals surface area (Å²) in [6.45, 7) is 2.96. The van der Waals surface area contributed by atoms with Crippen molar-refractivity contribution in [3.05, 3.63) is 34.9 Å². The van der Waals surface area contributed by atoms with Crippen molar-refractivity contribution < 1.29 is 14.6 Å². The van der Waals surface area contributed by atoms with Gasteiger partial charge in [0.1, 0.15) is 6.61 Å². The van der Waals surface area contributed by atoms with E-state index in [1.807, 2.05) is 6.92 Å². The van der Waals surface area contributed by atoms with Crippen molar-refractivity contribution in [3.63, 3.8) is 0 Å². The molecule has 0 aliphatic carbocycles. The first-order chi connectivity index (χ1) is 9.19. The lowest BCUT2D eigenvalue weighted by Crippen LogP contribution is -2.25. The summed E-state index contributed by atoms with van der Waals surface area (Å²) in [7, 11) is 1.64. The Morgan fingerprint density at radius 2 is 2.26 bits per heavy atom. The highest BCUT2D eigenvalue weighted by Gasteiger charge is 2.06. The van der Waals surface area contributed by atoms with Crippen molar-refractivity contribution in [1.29, 1.82) is 0 Å². The van der Waals surface area contributed by atoms with Gasteiger partial charge in [-0.1, -0.05) is 11.8 Å². The van der Waals surface area contributed by atoms with Crippen LogP contribution in [-0.4, -0.2) is 37.9 Å². The van der Waals surface area contributed by atoms with Crippen LogP contribution in [-0.2, 0) is 4.74 Å². The molecule has 0 heterocycles. The fourth-order valence-electron chi connectivity index (χ4n) is 1.60. The molecule has 102 valence electrons. The number of hydrogen-bond donors (Lipinski definition) is 2. The second-order valence-electron chi connectivity index (χ2n) is 4.09. The highest BCUT2D eigenvalue weighted by Crippen LogP contribution is 2.10. The standard InChI is InChI=1S/C15H19NO3/c1-12-11-14(7-6-13(12)5-3-9-17)15(18)16-8-4-10-19-2/h6-7,11,17H,4,8-10H2,1-2H3,(H,16,18). The monoisotopic (exact) mass is 261 g/mol. The lowest BCUT2D eigenvalue weighted by molar-refractivity contribution is 0.0948. The van der Waals surface area contributed by atoms with Crippen LogP contribution in [0, 0.1) is 18.8 Å². The number of amides is 1. The van der Waals surface area contributed by atoms with Gasteiger partial charge in [-0.2, -0.15) is 0 Å². The Kier molecular flexibility index (Phi) is 6.65. The minimum Gasteiger partial charge on any atom is -0.385 e. The normalized spacial score (nSPS) is 9.63. The predicted molar refractivity (Wildman–Crippen MR) is 74.0 cm³/mol. The van der Waals surface area contributed by atoms with Gasteiger partial charge in [0.2, 0.25) is 0 Å². The van der Waals surface area contributed by atoms with Crippen molar-refractivity contribution >= 4 is 5.91 Å².